The summed E-state index contributed by atoms with van der Waals surface area (Å²) in [6.45, 7) is -0.144. The first kappa shape index (κ1) is 25.0. The maximum atomic E-state index is 14.5. The van der Waals surface area contributed by atoms with Crippen LogP contribution in [0, 0.1) is 11.7 Å². The van der Waals surface area contributed by atoms with E-state index in [1.165, 1.54) is 13.2 Å². The second-order valence-electron chi connectivity index (χ2n) is 8.54. The fourth-order valence-electron chi connectivity index (χ4n) is 4.31. The van der Waals surface area contributed by atoms with E-state index in [0.29, 0.717) is 11.4 Å². The van der Waals surface area contributed by atoms with Gasteiger partial charge in [-0.3, -0.25) is 19.3 Å². The number of nitrogens with zero attached hydrogens (tertiary/aromatic N) is 2. The highest BCUT2D eigenvalue weighted by atomic mass is 19.1. The van der Waals surface area contributed by atoms with Gasteiger partial charge in [-0.25, -0.2) is 9.37 Å². The summed E-state index contributed by atoms with van der Waals surface area (Å²) in [5.74, 6) is -3.47. The third-order valence-corrected chi connectivity index (χ3v) is 6.36. The number of aliphatic hydroxyl groups is 1. The normalized spacial score (nSPS) is 14.5. The van der Waals surface area contributed by atoms with Crippen molar-refractivity contribution in [3.05, 3.63) is 83.3 Å². The number of pyridine rings is 1. The second-order valence-corrected chi connectivity index (χ2v) is 8.54. The van der Waals surface area contributed by atoms with Gasteiger partial charge in [0.1, 0.15) is 5.82 Å². The molecule has 1 aromatic heterocycles. The molecule has 0 radical (unpaired) electrons. The number of aliphatic hydroxyl groups excluding tert-OH is 1. The molecule has 0 bridgehead atoms. The molecule has 2 heterocycles. The number of carbonyl (C=O) groups excluding carboxylic acids is 2. The van der Waals surface area contributed by atoms with Crippen molar-refractivity contribution in [3.63, 3.8) is 0 Å². The molecule has 1 aliphatic rings. The molecular weight excluding hydrogens is 467 g/mol. The van der Waals surface area contributed by atoms with E-state index >= 15 is 0 Å². The fraction of sp³-hybridized carbons (Fsp3) is 0.259. The lowest BCUT2D eigenvalue weighted by Crippen LogP contribution is -2.36. The van der Waals surface area contributed by atoms with E-state index in [9.17, 15) is 29.0 Å². The number of carboxylic acids is 1. The van der Waals surface area contributed by atoms with Crippen LogP contribution in [-0.2, 0) is 11.2 Å². The Balaban J connectivity index is 1.40. The molecule has 1 aliphatic heterocycles. The van der Waals surface area contributed by atoms with Crippen molar-refractivity contribution < 1.29 is 33.7 Å². The van der Waals surface area contributed by atoms with Gasteiger partial charge >= 0.3 is 5.97 Å². The lowest BCUT2D eigenvalue weighted by molar-refractivity contribution is -0.146. The molecule has 2 atom stereocenters. The van der Waals surface area contributed by atoms with Gasteiger partial charge < -0.3 is 14.9 Å². The van der Waals surface area contributed by atoms with Crippen LogP contribution in [0.5, 0.6) is 5.88 Å². The van der Waals surface area contributed by atoms with E-state index in [2.05, 4.69) is 4.98 Å². The summed E-state index contributed by atoms with van der Waals surface area (Å²) in [5, 5.41) is 20.3. The molecule has 2 amide bonds. The van der Waals surface area contributed by atoms with Crippen LogP contribution in [0.4, 0.5) is 4.39 Å². The first-order chi connectivity index (χ1) is 17.3. The van der Waals surface area contributed by atoms with Gasteiger partial charge in [-0.2, -0.15) is 0 Å². The Morgan fingerprint density at radius 2 is 1.69 bits per heavy atom. The Bertz CT molecular complexity index is 1260. The molecule has 4 rings (SSSR count). The van der Waals surface area contributed by atoms with Crippen LogP contribution in [0.15, 0.2) is 60.8 Å². The van der Waals surface area contributed by atoms with E-state index < -0.39 is 35.6 Å². The molecule has 2 aromatic carbocycles. The molecule has 8 nitrogen and oxygen atoms in total. The standard InChI is InChI=1S/C27H25FN2O6/c1-36-24-11-8-18(15-29-24)16-6-9-22(28)17(14-16)7-10-23(31)21(27(34)35)12-13-30-25(32)19-4-2-3-5-20(19)26(30)33/h2-6,8-9,11,14-15,21,23,31H,7,10,12-13H2,1H3,(H,34,35)/t21-,23+/m0/s1. The van der Waals surface area contributed by atoms with Crippen LogP contribution in [0.3, 0.4) is 0 Å². The number of aromatic nitrogens is 1. The van der Waals surface area contributed by atoms with Gasteiger partial charge in [-0.15, -0.1) is 0 Å². The van der Waals surface area contributed by atoms with Gasteiger partial charge in [0.25, 0.3) is 11.8 Å². The average molecular weight is 493 g/mol. The van der Waals surface area contributed by atoms with Crippen LogP contribution in [0.25, 0.3) is 11.1 Å². The van der Waals surface area contributed by atoms with E-state index in [1.807, 2.05) is 0 Å². The van der Waals surface area contributed by atoms with Gasteiger partial charge in [-0.1, -0.05) is 18.2 Å². The summed E-state index contributed by atoms with van der Waals surface area (Å²) in [5.41, 5.74) is 2.35. The quantitative estimate of drug-likeness (QED) is 0.416. The lowest BCUT2D eigenvalue weighted by atomic mass is 9.92. The second kappa shape index (κ2) is 10.7. The Hall–Kier alpha value is -4.11. The van der Waals surface area contributed by atoms with Crippen molar-refractivity contribution in [2.75, 3.05) is 13.7 Å². The SMILES string of the molecule is COc1ccc(-c2ccc(F)c(CC[C@@H](O)[C@H](CCN3C(=O)c4ccccc4C3=O)C(=O)O)c2)cn1. The van der Waals surface area contributed by atoms with Crippen molar-refractivity contribution >= 4 is 17.8 Å². The highest BCUT2D eigenvalue weighted by Gasteiger charge is 2.36. The van der Waals surface area contributed by atoms with Gasteiger partial charge in [-0.05, 0) is 60.7 Å². The van der Waals surface area contributed by atoms with Crippen LogP contribution in [0.1, 0.15) is 39.1 Å². The Morgan fingerprint density at radius 3 is 2.28 bits per heavy atom. The Labute approximate surface area is 207 Å². The Morgan fingerprint density at radius 1 is 1.03 bits per heavy atom. The zero-order valence-electron chi connectivity index (χ0n) is 19.6. The number of methoxy groups -OCH3 is 1. The molecule has 0 aliphatic carbocycles. The van der Waals surface area contributed by atoms with Gasteiger partial charge in [0, 0.05) is 24.4 Å². The molecule has 0 unspecified atom stereocenters. The summed E-state index contributed by atoms with van der Waals surface area (Å²) < 4.78 is 19.5. The van der Waals surface area contributed by atoms with E-state index in [0.717, 1.165) is 16.0 Å². The summed E-state index contributed by atoms with van der Waals surface area (Å²) in [7, 11) is 1.51. The number of aryl methyl sites for hydroxylation is 1. The molecular formula is C27H25FN2O6. The number of halogens is 1. The predicted octanol–water partition coefficient (Wildman–Crippen LogP) is 3.58. The number of rotatable bonds is 10. The number of carbonyl (C=O) groups is 3. The minimum absolute atomic E-state index is 0.0136. The molecule has 0 spiro atoms. The Kier molecular flexibility index (Phi) is 7.40. The van der Waals surface area contributed by atoms with Crippen LogP contribution in [0.2, 0.25) is 0 Å². The lowest BCUT2D eigenvalue weighted by Gasteiger charge is -2.22. The van der Waals surface area contributed by atoms with Crippen LogP contribution >= 0.6 is 0 Å². The van der Waals surface area contributed by atoms with E-state index in [4.69, 9.17) is 4.74 Å². The number of hydrogen-bond donors (Lipinski definition) is 2. The van der Waals surface area contributed by atoms with Crippen molar-refractivity contribution in [2.45, 2.75) is 25.4 Å². The molecule has 3 aromatic rings. The van der Waals surface area contributed by atoms with E-state index in [-0.39, 0.29) is 36.9 Å². The number of hydrogen-bond acceptors (Lipinski definition) is 6. The minimum Gasteiger partial charge on any atom is -0.481 e. The van der Waals surface area contributed by atoms with Crippen LogP contribution < -0.4 is 4.74 Å². The van der Waals surface area contributed by atoms with Crippen molar-refractivity contribution in [1.82, 2.24) is 9.88 Å². The van der Waals surface area contributed by atoms with Gasteiger partial charge in [0.2, 0.25) is 5.88 Å². The molecule has 0 saturated heterocycles. The zero-order valence-corrected chi connectivity index (χ0v) is 19.6. The van der Waals surface area contributed by atoms with Crippen LogP contribution in [-0.4, -0.2) is 57.6 Å². The third kappa shape index (κ3) is 5.11. The summed E-state index contributed by atoms with van der Waals surface area (Å²) >= 11 is 0. The average Bonchev–Trinajstić information content (AvgIpc) is 3.13. The molecule has 186 valence electrons. The number of fused-ring (bicyclic) bond motifs is 1. The summed E-state index contributed by atoms with van der Waals surface area (Å²) in [4.78, 5) is 42.1. The van der Waals surface area contributed by atoms with Gasteiger partial charge in [0.15, 0.2) is 0 Å². The largest absolute Gasteiger partial charge is 0.481 e. The topological polar surface area (TPSA) is 117 Å². The first-order valence-electron chi connectivity index (χ1n) is 11.4. The highest BCUT2D eigenvalue weighted by Crippen LogP contribution is 2.26. The molecule has 0 saturated carbocycles. The third-order valence-electron chi connectivity index (χ3n) is 6.36. The monoisotopic (exact) mass is 492 g/mol. The van der Waals surface area contributed by atoms with Gasteiger partial charge in [0.05, 0.1) is 30.3 Å². The highest BCUT2D eigenvalue weighted by molar-refractivity contribution is 6.21. The summed E-state index contributed by atoms with van der Waals surface area (Å²) in [6, 6.07) is 14.4. The number of carboxylic acid groups (broad SMARTS) is 1. The van der Waals surface area contributed by atoms with Crippen molar-refractivity contribution in [3.8, 4) is 17.0 Å². The minimum atomic E-state index is -1.30. The number of aliphatic carboxylic acids is 1. The molecule has 2 N–H and O–H groups in total. The predicted molar refractivity (Wildman–Crippen MR) is 128 cm³/mol. The number of ether oxygens (including phenoxy) is 1. The smallest absolute Gasteiger partial charge is 0.309 e. The van der Waals surface area contributed by atoms with Crippen molar-refractivity contribution in [2.24, 2.45) is 5.92 Å². The van der Waals surface area contributed by atoms with Crippen molar-refractivity contribution in [1.29, 1.82) is 0 Å². The fourth-order valence-corrected chi connectivity index (χ4v) is 4.31. The summed E-state index contributed by atoms with van der Waals surface area (Å²) in [6.07, 6.45) is 0.261. The molecule has 9 heteroatoms. The first-order valence-corrected chi connectivity index (χ1v) is 11.4. The maximum absolute atomic E-state index is 14.5. The number of imide groups is 1. The zero-order chi connectivity index (χ0) is 25.8. The maximum Gasteiger partial charge on any atom is 0.309 e. The molecule has 0 fully saturated rings. The number of amides is 2. The number of benzene rings is 2. The molecule has 36 heavy (non-hydrogen) atoms. The van der Waals surface area contributed by atoms with E-state index in [1.54, 1.807) is 54.7 Å².